The zero-order valence-electron chi connectivity index (χ0n) is 17.1. The van der Waals surface area contributed by atoms with E-state index in [1.165, 1.54) is 12.1 Å². The number of nitrogens with zero attached hydrogens (tertiary/aromatic N) is 1. The predicted octanol–water partition coefficient (Wildman–Crippen LogP) is 7.19. The van der Waals surface area contributed by atoms with Crippen molar-refractivity contribution in [3.8, 4) is 11.1 Å². The van der Waals surface area contributed by atoms with Crippen LogP contribution in [0.1, 0.15) is 15.9 Å². The first-order chi connectivity index (χ1) is 15.8. The topological polar surface area (TPSA) is 48.0 Å². The standard InChI is InChI=1S/C26H16Cl2F2N2O/c27-16-5-7-19(22(28)11-16)15-4-6-20-24(10-15)32(13-14-8-17(29)12-18(30)9-14)23-3-1-2-21(25(20)23)26(31)33/h1-12H,13H2,(H2,31,33). The lowest BCUT2D eigenvalue weighted by atomic mass is 10.0. The molecule has 164 valence electrons. The van der Waals surface area contributed by atoms with Gasteiger partial charge in [0.15, 0.2) is 0 Å². The predicted molar refractivity (Wildman–Crippen MR) is 129 cm³/mol. The molecule has 0 bridgehead atoms. The molecular formula is C26H16Cl2F2N2O. The molecule has 0 aliphatic carbocycles. The smallest absolute Gasteiger partial charge is 0.249 e. The van der Waals surface area contributed by atoms with Gasteiger partial charge in [0.2, 0.25) is 5.91 Å². The Kier molecular flexibility index (Phi) is 5.31. The number of benzene rings is 4. The van der Waals surface area contributed by atoms with E-state index in [9.17, 15) is 13.6 Å². The van der Waals surface area contributed by atoms with Crippen LogP contribution in [-0.4, -0.2) is 10.5 Å². The van der Waals surface area contributed by atoms with E-state index in [0.29, 0.717) is 26.6 Å². The number of aromatic nitrogens is 1. The second kappa shape index (κ2) is 8.18. The van der Waals surface area contributed by atoms with Crippen LogP contribution in [0.2, 0.25) is 10.0 Å². The number of amides is 1. The molecule has 0 atom stereocenters. The summed E-state index contributed by atoms with van der Waals surface area (Å²) in [6, 6.07) is 19.7. The Morgan fingerprint density at radius 1 is 0.879 bits per heavy atom. The maximum atomic E-state index is 13.9. The largest absolute Gasteiger partial charge is 0.366 e. The highest BCUT2D eigenvalue weighted by molar-refractivity contribution is 6.36. The van der Waals surface area contributed by atoms with Crippen LogP contribution >= 0.6 is 23.2 Å². The molecule has 0 saturated heterocycles. The molecule has 0 saturated carbocycles. The van der Waals surface area contributed by atoms with Crippen molar-refractivity contribution in [3.05, 3.63) is 106 Å². The Hall–Kier alpha value is -3.41. The second-order valence-corrected chi connectivity index (χ2v) is 8.63. The van der Waals surface area contributed by atoms with Crippen LogP contribution in [-0.2, 0) is 6.54 Å². The van der Waals surface area contributed by atoms with Crippen molar-refractivity contribution in [2.24, 2.45) is 5.73 Å². The van der Waals surface area contributed by atoms with Gasteiger partial charge in [-0.15, -0.1) is 0 Å². The summed E-state index contributed by atoms with van der Waals surface area (Å²) < 4.78 is 29.7. The van der Waals surface area contributed by atoms with Crippen LogP contribution in [0.3, 0.4) is 0 Å². The molecule has 33 heavy (non-hydrogen) atoms. The van der Waals surface area contributed by atoms with E-state index >= 15 is 0 Å². The second-order valence-electron chi connectivity index (χ2n) is 7.78. The summed E-state index contributed by atoms with van der Waals surface area (Å²) in [5, 5.41) is 2.50. The fourth-order valence-electron chi connectivity index (χ4n) is 4.30. The summed E-state index contributed by atoms with van der Waals surface area (Å²) in [5.41, 5.74) is 9.59. The summed E-state index contributed by atoms with van der Waals surface area (Å²) >= 11 is 12.5. The van der Waals surface area contributed by atoms with Crippen molar-refractivity contribution in [1.29, 1.82) is 0 Å². The molecule has 0 radical (unpaired) electrons. The maximum absolute atomic E-state index is 13.9. The normalized spacial score (nSPS) is 11.4. The van der Waals surface area contributed by atoms with Crippen molar-refractivity contribution in [3.63, 3.8) is 0 Å². The van der Waals surface area contributed by atoms with Gasteiger partial charge in [-0.05, 0) is 53.6 Å². The van der Waals surface area contributed by atoms with E-state index in [1.807, 2.05) is 34.9 Å². The van der Waals surface area contributed by atoms with Crippen LogP contribution in [0, 0.1) is 11.6 Å². The third-order valence-corrected chi connectivity index (χ3v) is 6.21. The zero-order chi connectivity index (χ0) is 23.3. The Bertz CT molecular complexity index is 1560. The highest BCUT2D eigenvalue weighted by atomic mass is 35.5. The van der Waals surface area contributed by atoms with Crippen molar-refractivity contribution < 1.29 is 13.6 Å². The van der Waals surface area contributed by atoms with E-state index < -0.39 is 17.5 Å². The van der Waals surface area contributed by atoms with Crippen molar-refractivity contribution in [2.45, 2.75) is 6.54 Å². The number of rotatable bonds is 4. The number of halogens is 4. The molecule has 1 heterocycles. The van der Waals surface area contributed by atoms with Crippen molar-refractivity contribution in [1.82, 2.24) is 4.57 Å². The number of carbonyl (C=O) groups excluding carboxylic acids is 1. The van der Waals surface area contributed by atoms with Gasteiger partial charge in [0, 0.05) is 44.6 Å². The fraction of sp³-hybridized carbons (Fsp3) is 0.0385. The zero-order valence-corrected chi connectivity index (χ0v) is 18.6. The van der Waals surface area contributed by atoms with Gasteiger partial charge in [-0.3, -0.25) is 4.79 Å². The lowest BCUT2D eigenvalue weighted by Gasteiger charge is -2.10. The first kappa shape index (κ1) is 21.4. The number of fused-ring (bicyclic) bond motifs is 3. The summed E-state index contributed by atoms with van der Waals surface area (Å²) in [7, 11) is 0. The molecule has 0 spiro atoms. The van der Waals surface area contributed by atoms with Gasteiger partial charge in [0.25, 0.3) is 0 Å². The van der Waals surface area contributed by atoms with Crippen LogP contribution in [0.15, 0.2) is 72.8 Å². The van der Waals surface area contributed by atoms with E-state index in [2.05, 4.69) is 0 Å². The molecule has 4 aromatic carbocycles. The first-order valence-corrected chi connectivity index (χ1v) is 10.8. The summed E-state index contributed by atoms with van der Waals surface area (Å²) in [4.78, 5) is 12.2. The number of hydrogen-bond acceptors (Lipinski definition) is 1. The maximum Gasteiger partial charge on any atom is 0.249 e. The summed E-state index contributed by atoms with van der Waals surface area (Å²) in [6.07, 6.45) is 0. The summed E-state index contributed by atoms with van der Waals surface area (Å²) in [5.74, 6) is -1.87. The average Bonchev–Trinajstić information content (AvgIpc) is 3.06. The van der Waals surface area contributed by atoms with Gasteiger partial charge in [-0.25, -0.2) is 8.78 Å². The lowest BCUT2D eigenvalue weighted by molar-refractivity contribution is 0.100. The highest BCUT2D eigenvalue weighted by Crippen LogP contribution is 2.37. The van der Waals surface area contributed by atoms with Crippen LogP contribution in [0.25, 0.3) is 32.9 Å². The van der Waals surface area contributed by atoms with Crippen molar-refractivity contribution >= 4 is 50.9 Å². The monoisotopic (exact) mass is 480 g/mol. The van der Waals surface area contributed by atoms with Crippen molar-refractivity contribution in [2.75, 3.05) is 0 Å². The number of hydrogen-bond donors (Lipinski definition) is 1. The minimum atomic E-state index is -0.655. The van der Waals surface area contributed by atoms with Gasteiger partial charge in [-0.2, -0.15) is 0 Å². The molecule has 3 nitrogen and oxygen atoms in total. The Morgan fingerprint density at radius 2 is 1.64 bits per heavy atom. The average molecular weight is 481 g/mol. The van der Waals surface area contributed by atoms with Gasteiger partial charge < -0.3 is 10.3 Å². The molecule has 0 unspecified atom stereocenters. The van der Waals surface area contributed by atoms with E-state index in [0.717, 1.165) is 33.6 Å². The number of carbonyl (C=O) groups is 1. The minimum absolute atomic E-state index is 0.189. The van der Waals surface area contributed by atoms with E-state index in [4.69, 9.17) is 28.9 Å². The molecular weight excluding hydrogens is 465 g/mol. The quantitative estimate of drug-likeness (QED) is 0.290. The van der Waals surface area contributed by atoms with Gasteiger partial charge in [0.1, 0.15) is 11.6 Å². The molecule has 1 amide bonds. The van der Waals surface area contributed by atoms with Crippen LogP contribution in [0.4, 0.5) is 8.78 Å². The molecule has 2 N–H and O–H groups in total. The molecule has 0 aliphatic heterocycles. The molecule has 0 aliphatic rings. The van der Waals surface area contributed by atoms with Crippen LogP contribution in [0.5, 0.6) is 0 Å². The third-order valence-electron chi connectivity index (χ3n) is 5.66. The summed E-state index contributed by atoms with van der Waals surface area (Å²) in [6.45, 7) is 0.189. The third kappa shape index (κ3) is 3.84. The Labute approximate surface area is 197 Å². The number of primary amides is 1. The van der Waals surface area contributed by atoms with Gasteiger partial charge in [0.05, 0.1) is 11.0 Å². The molecule has 5 rings (SSSR count). The van der Waals surface area contributed by atoms with E-state index in [1.54, 1.807) is 24.3 Å². The van der Waals surface area contributed by atoms with Gasteiger partial charge >= 0.3 is 0 Å². The molecule has 5 aromatic rings. The Balaban J connectivity index is 1.81. The highest BCUT2D eigenvalue weighted by Gasteiger charge is 2.18. The fourth-order valence-corrected chi connectivity index (χ4v) is 4.81. The van der Waals surface area contributed by atoms with E-state index in [-0.39, 0.29) is 6.54 Å². The molecule has 0 fully saturated rings. The molecule has 1 aromatic heterocycles. The first-order valence-electron chi connectivity index (χ1n) is 10.1. The minimum Gasteiger partial charge on any atom is -0.366 e. The SMILES string of the molecule is NC(=O)c1cccc2c1c1ccc(-c3ccc(Cl)cc3Cl)cc1n2Cc1cc(F)cc(F)c1. The Morgan fingerprint density at radius 3 is 2.33 bits per heavy atom. The molecule has 7 heteroatoms. The number of nitrogens with two attached hydrogens (primary N) is 1. The van der Waals surface area contributed by atoms with Crippen LogP contribution < -0.4 is 5.73 Å². The lowest BCUT2D eigenvalue weighted by Crippen LogP contribution is -2.11. The van der Waals surface area contributed by atoms with Gasteiger partial charge in [-0.1, -0.05) is 47.5 Å².